The molecule has 0 aliphatic rings. The number of carboxylic acids is 1. The second-order valence-corrected chi connectivity index (χ2v) is 8.12. The lowest BCUT2D eigenvalue weighted by atomic mass is 10.0. The van der Waals surface area contributed by atoms with Gasteiger partial charge in [-0.1, -0.05) is 18.2 Å². The van der Waals surface area contributed by atoms with Crippen molar-refractivity contribution in [1.82, 2.24) is 36.2 Å². The molecule has 196 valence electrons. The fourth-order valence-electron chi connectivity index (χ4n) is 3.63. The zero-order chi connectivity index (χ0) is 26.8. The van der Waals surface area contributed by atoms with E-state index >= 15 is 0 Å². The van der Waals surface area contributed by atoms with Crippen LogP contribution in [0.2, 0.25) is 0 Å². The molecular weight excluding hydrogens is 484 g/mol. The second-order valence-electron chi connectivity index (χ2n) is 8.12. The number of carboxylic acid groups (broad SMARTS) is 1. The van der Waals surface area contributed by atoms with Crippen molar-refractivity contribution in [3.05, 3.63) is 54.2 Å². The van der Waals surface area contributed by atoms with Gasteiger partial charge in [0.25, 0.3) is 0 Å². The van der Waals surface area contributed by atoms with Crippen LogP contribution in [0.1, 0.15) is 11.3 Å². The third-order valence-corrected chi connectivity index (χ3v) is 5.40. The van der Waals surface area contributed by atoms with Crippen molar-refractivity contribution in [3.8, 4) is 0 Å². The molecule has 3 aromatic rings. The summed E-state index contributed by atoms with van der Waals surface area (Å²) in [5.74, 6) is -3.82. The number of H-pyrrole nitrogens is 2. The summed E-state index contributed by atoms with van der Waals surface area (Å²) in [6, 6.07) is 5.25. The number of aromatic nitrogens is 3. The maximum atomic E-state index is 12.7. The number of aliphatic carboxylic acids is 1. The largest absolute Gasteiger partial charge is 0.480 e. The van der Waals surface area contributed by atoms with Crippen LogP contribution in [0.15, 0.2) is 43.0 Å². The monoisotopic (exact) mass is 512 g/mol. The number of imidazole rings is 1. The number of fused-ring (bicyclic) bond motifs is 1. The van der Waals surface area contributed by atoms with Crippen LogP contribution in [0.25, 0.3) is 10.9 Å². The number of aromatic amines is 2. The molecule has 3 rings (SSSR count). The third kappa shape index (κ3) is 7.90. The summed E-state index contributed by atoms with van der Waals surface area (Å²) in [6.07, 6.45) is 4.78. The normalized spacial score (nSPS) is 12.4. The van der Waals surface area contributed by atoms with E-state index in [2.05, 4.69) is 36.2 Å². The van der Waals surface area contributed by atoms with E-state index in [0.29, 0.717) is 5.69 Å². The van der Waals surface area contributed by atoms with Crippen molar-refractivity contribution >= 4 is 40.5 Å². The molecule has 14 nitrogen and oxygen atoms in total. The fourth-order valence-corrected chi connectivity index (χ4v) is 3.63. The number of carbonyl (C=O) groups is 5. The van der Waals surface area contributed by atoms with Crippen LogP contribution in [0, 0.1) is 0 Å². The minimum Gasteiger partial charge on any atom is -0.480 e. The lowest BCUT2D eigenvalue weighted by Crippen LogP contribution is -2.54. The third-order valence-electron chi connectivity index (χ3n) is 5.40. The summed E-state index contributed by atoms with van der Waals surface area (Å²) < 4.78 is 0. The van der Waals surface area contributed by atoms with Crippen molar-refractivity contribution in [1.29, 1.82) is 0 Å². The SMILES string of the molecule is NCC(=O)NC(Cc1cnc[nH]1)C(=O)NCC(=O)NC(Cc1c[nH]c2ccccc12)C(=O)NCC(=O)O. The Morgan fingerprint density at radius 2 is 1.59 bits per heavy atom. The molecule has 1 aromatic carbocycles. The van der Waals surface area contributed by atoms with Gasteiger partial charge < -0.3 is 42.1 Å². The zero-order valence-corrected chi connectivity index (χ0v) is 19.7. The van der Waals surface area contributed by atoms with E-state index in [-0.39, 0.29) is 19.4 Å². The molecule has 9 N–H and O–H groups in total. The molecule has 0 spiro atoms. The lowest BCUT2D eigenvalue weighted by Gasteiger charge is -2.20. The quantitative estimate of drug-likeness (QED) is 0.127. The Labute approximate surface area is 210 Å². The summed E-state index contributed by atoms with van der Waals surface area (Å²) in [5.41, 5.74) is 7.48. The lowest BCUT2D eigenvalue weighted by molar-refractivity contribution is -0.138. The van der Waals surface area contributed by atoms with Crippen molar-refractivity contribution in [2.45, 2.75) is 24.9 Å². The van der Waals surface area contributed by atoms with E-state index in [0.717, 1.165) is 16.5 Å². The first-order valence-electron chi connectivity index (χ1n) is 11.3. The number of amides is 4. The Hall–Kier alpha value is -4.72. The summed E-state index contributed by atoms with van der Waals surface area (Å²) in [5, 5.41) is 19.5. The summed E-state index contributed by atoms with van der Waals surface area (Å²) in [6.45, 7) is -1.44. The number of hydrogen-bond donors (Lipinski definition) is 8. The maximum Gasteiger partial charge on any atom is 0.322 e. The number of carbonyl (C=O) groups excluding carboxylic acids is 4. The molecule has 0 fully saturated rings. The summed E-state index contributed by atoms with van der Waals surface area (Å²) >= 11 is 0. The predicted molar refractivity (Wildman–Crippen MR) is 131 cm³/mol. The van der Waals surface area contributed by atoms with Gasteiger partial charge >= 0.3 is 5.97 Å². The van der Waals surface area contributed by atoms with Crippen molar-refractivity contribution in [3.63, 3.8) is 0 Å². The number of rotatable bonds is 13. The van der Waals surface area contributed by atoms with Crippen LogP contribution < -0.4 is 27.0 Å². The summed E-state index contributed by atoms with van der Waals surface area (Å²) in [4.78, 5) is 70.5. The van der Waals surface area contributed by atoms with Crippen LogP contribution in [-0.4, -0.2) is 81.4 Å². The van der Waals surface area contributed by atoms with Gasteiger partial charge in [0.1, 0.15) is 18.6 Å². The van der Waals surface area contributed by atoms with Crippen LogP contribution in [0.5, 0.6) is 0 Å². The molecule has 0 aliphatic heterocycles. The van der Waals surface area contributed by atoms with Gasteiger partial charge in [0.15, 0.2) is 0 Å². The molecule has 14 heteroatoms. The minimum absolute atomic E-state index is 0.0736. The van der Waals surface area contributed by atoms with Gasteiger partial charge in [0.2, 0.25) is 23.6 Å². The Morgan fingerprint density at radius 3 is 2.27 bits per heavy atom. The Kier molecular flexibility index (Phi) is 9.32. The number of nitrogens with zero attached hydrogens (tertiary/aromatic N) is 1. The standard InChI is InChI=1S/C23H28N8O6/c24-7-19(32)30-18(6-14-9-25-12-29-14)23(37)27-10-20(33)31-17(22(36)28-11-21(34)35)5-13-8-26-16-4-2-1-3-15(13)16/h1-4,8-9,12,17-18,26H,5-7,10-11,24H2,(H,25,29)(H,27,37)(H,28,36)(H,30,32)(H,31,33)(H,34,35). The topological polar surface area (TPSA) is 224 Å². The van der Waals surface area contributed by atoms with Crippen LogP contribution >= 0.6 is 0 Å². The molecule has 37 heavy (non-hydrogen) atoms. The van der Waals surface area contributed by atoms with Crippen molar-refractivity contribution in [2.24, 2.45) is 5.73 Å². The highest BCUT2D eigenvalue weighted by Gasteiger charge is 2.25. The molecule has 2 aromatic heterocycles. The first kappa shape index (κ1) is 26.9. The van der Waals surface area contributed by atoms with Crippen LogP contribution in [-0.2, 0) is 36.8 Å². The van der Waals surface area contributed by atoms with Gasteiger partial charge in [0, 0.05) is 41.8 Å². The molecular formula is C23H28N8O6. The predicted octanol–water partition coefficient (Wildman–Crippen LogP) is -2.08. The average molecular weight is 513 g/mol. The number of hydrogen-bond acceptors (Lipinski definition) is 7. The Bertz CT molecular complexity index is 1260. The highest BCUT2D eigenvalue weighted by atomic mass is 16.4. The van der Waals surface area contributed by atoms with E-state index in [1.54, 1.807) is 6.20 Å². The average Bonchev–Trinajstić information content (AvgIpc) is 3.55. The van der Waals surface area contributed by atoms with Gasteiger partial charge in [-0.25, -0.2) is 4.98 Å². The highest BCUT2D eigenvalue weighted by Crippen LogP contribution is 2.19. The number of nitrogens with two attached hydrogens (primary N) is 1. The fraction of sp³-hybridized carbons (Fsp3) is 0.304. The Balaban J connectivity index is 1.65. The first-order chi connectivity index (χ1) is 17.8. The van der Waals surface area contributed by atoms with Crippen molar-refractivity contribution in [2.75, 3.05) is 19.6 Å². The van der Waals surface area contributed by atoms with E-state index in [9.17, 15) is 24.0 Å². The molecule has 2 heterocycles. The molecule has 0 aliphatic carbocycles. The second kappa shape index (κ2) is 12.8. The van der Waals surface area contributed by atoms with Gasteiger partial charge in [-0.15, -0.1) is 0 Å². The molecule has 0 radical (unpaired) electrons. The highest BCUT2D eigenvalue weighted by molar-refractivity contribution is 5.94. The smallest absolute Gasteiger partial charge is 0.322 e. The van der Waals surface area contributed by atoms with Crippen LogP contribution in [0.4, 0.5) is 0 Å². The zero-order valence-electron chi connectivity index (χ0n) is 19.7. The number of benzene rings is 1. The van der Waals surface area contributed by atoms with Gasteiger partial charge in [0.05, 0.1) is 19.4 Å². The first-order valence-corrected chi connectivity index (χ1v) is 11.3. The molecule has 0 saturated carbocycles. The summed E-state index contributed by atoms with van der Waals surface area (Å²) in [7, 11) is 0. The maximum absolute atomic E-state index is 12.7. The van der Waals surface area contributed by atoms with E-state index in [1.165, 1.54) is 12.5 Å². The minimum atomic E-state index is -1.24. The van der Waals surface area contributed by atoms with Gasteiger partial charge in [-0.2, -0.15) is 0 Å². The van der Waals surface area contributed by atoms with Crippen LogP contribution in [0.3, 0.4) is 0 Å². The van der Waals surface area contributed by atoms with Crippen molar-refractivity contribution < 1.29 is 29.1 Å². The number of nitrogens with one attached hydrogen (secondary N) is 6. The Morgan fingerprint density at radius 1 is 0.919 bits per heavy atom. The molecule has 2 unspecified atom stereocenters. The van der Waals surface area contributed by atoms with E-state index < -0.39 is 54.8 Å². The van der Waals surface area contributed by atoms with E-state index in [1.807, 2.05) is 24.3 Å². The van der Waals surface area contributed by atoms with Gasteiger partial charge in [-0.3, -0.25) is 24.0 Å². The van der Waals surface area contributed by atoms with E-state index in [4.69, 9.17) is 10.8 Å². The molecule has 4 amide bonds. The molecule has 0 saturated heterocycles. The molecule has 0 bridgehead atoms. The molecule has 2 atom stereocenters. The number of para-hydroxylation sites is 1. The van der Waals surface area contributed by atoms with Gasteiger partial charge in [-0.05, 0) is 11.6 Å².